The first-order chi connectivity index (χ1) is 8.13. The van der Waals surface area contributed by atoms with Gasteiger partial charge in [0.15, 0.2) is 0 Å². The Balaban J connectivity index is 2.40. The minimum atomic E-state index is 0.611. The molecule has 0 saturated carbocycles. The van der Waals surface area contributed by atoms with Gasteiger partial charge in [0.1, 0.15) is 0 Å². The van der Waals surface area contributed by atoms with Crippen LogP contribution in [0.2, 0.25) is 10.0 Å². The third-order valence-electron chi connectivity index (χ3n) is 3.50. The Hall–Kier alpha value is -0.440. The maximum Gasteiger partial charge on any atom is 0.0643 e. The summed E-state index contributed by atoms with van der Waals surface area (Å²) in [5.74, 6) is 0.611. The van der Waals surface area contributed by atoms with Crippen LogP contribution in [-0.4, -0.2) is 20.1 Å². The number of rotatable bonds is 2. The van der Waals surface area contributed by atoms with Crippen molar-refractivity contribution in [3.05, 3.63) is 27.7 Å². The van der Waals surface area contributed by atoms with E-state index in [1.807, 2.05) is 12.1 Å². The zero-order chi connectivity index (χ0) is 12.4. The molecular formula is C13H18Cl2N2. The molecule has 1 aliphatic heterocycles. The first-order valence-electron chi connectivity index (χ1n) is 6.01. The molecule has 1 unspecified atom stereocenters. The second-order valence-electron chi connectivity index (χ2n) is 4.71. The Kier molecular flexibility index (Phi) is 4.18. The van der Waals surface area contributed by atoms with E-state index in [0.717, 1.165) is 48.1 Å². The molecule has 2 N–H and O–H groups in total. The number of halogens is 2. The fraction of sp³-hybridized carbons (Fsp3) is 0.538. The van der Waals surface area contributed by atoms with Crippen LogP contribution < -0.4 is 10.6 Å². The smallest absolute Gasteiger partial charge is 0.0643 e. The molecule has 0 fully saturated rings. The lowest BCUT2D eigenvalue weighted by atomic mass is 9.94. The third kappa shape index (κ3) is 2.70. The molecule has 1 atom stereocenters. The lowest BCUT2D eigenvalue weighted by molar-refractivity contribution is 0.467. The van der Waals surface area contributed by atoms with Gasteiger partial charge in [0.05, 0.1) is 10.7 Å². The summed E-state index contributed by atoms with van der Waals surface area (Å²) in [7, 11) is 2.08. The molecule has 0 radical (unpaired) electrons. The lowest BCUT2D eigenvalue weighted by Crippen LogP contribution is -2.19. The number of nitrogens with two attached hydrogens (primary N) is 1. The minimum absolute atomic E-state index is 0.611. The highest BCUT2D eigenvalue weighted by Crippen LogP contribution is 2.38. The van der Waals surface area contributed by atoms with Crippen molar-refractivity contribution in [3.8, 4) is 0 Å². The van der Waals surface area contributed by atoms with Gasteiger partial charge in [-0.25, -0.2) is 0 Å². The standard InChI is InChI=1S/C13H18Cl2N2/c1-17-7-5-9(4-6-16)8-10-11(14)2-3-12(15)13(10)17/h2-3,9H,4-8,16H2,1H3. The number of hydrogen-bond acceptors (Lipinski definition) is 2. The van der Waals surface area contributed by atoms with Crippen molar-refractivity contribution >= 4 is 28.9 Å². The fourth-order valence-corrected chi connectivity index (χ4v) is 3.10. The Labute approximate surface area is 113 Å². The zero-order valence-electron chi connectivity index (χ0n) is 10.0. The number of fused-ring (bicyclic) bond motifs is 1. The molecule has 0 aromatic heterocycles. The molecule has 1 aliphatic rings. The van der Waals surface area contributed by atoms with Gasteiger partial charge in [0, 0.05) is 18.6 Å². The maximum atomic E-state index is 6.30. The van der Waals surface area contributed by atoms with E-state index in [-0.39, 0.29) is 0 Å². The van der Waals surface area contributed by atoms with Crippen LogP contribution in [0.5, 0.6) is 0 Å². The van der Waals surface area contributed by atoms with Gasteiger partial charge in [0.2, 0.25) is 0 Å². The van der Waals surface area contributed by atoms with E-state index >= 15 is 0 Å². The van der Waals surface area contributed by atoms with Crippen LogP contribution in [0.25, 0.3) is 0 Å². The molecule has 1 aromatic carbocycles. The second-order valence-corrected chi connectivity index (χ2v) is 5.53. The predicted octanol–water partition coefficient (Wildman–Crippen LogP) is 3.34. The molecule has 0 saturated heterocycles. The average Bonchev–Trinajstić information content (AvgIpc) is 2.46. The van der Waals surface area contributed by atoms with E-state index in [1.165, 1.54) is 5.56 Å². The highest BCUT2D eigenvalue weighted by Gasteiger charge is 2.23. The Morgan fingerprint density at radius 3 is 2.76 bits per heavy atom. The topological polar surface area (TPSA) is 29.3 Å². The molecule has 1 aromatic rings. The molecule has 2 rings (SSSR count). The monoisotopic (exact) mass is 272 g/mol. The molecule has 2 nitrogen and oxygen atoms in total. The number of hydrogen-bond donors (Lipinski definition) is 1. The molecule has 94 valence electrons. The van der Waals surface area contributed by atoms with Crippen LogP contribution in [-0.2, 0) is 6.42 Å². The van der Waals surface area contributed by atoms with E-state index in [2.05, 4.69) is 11.9 Å². The highest BCUT2D eigenvalue weighted by atomic mass is 35.5. The molecule has 0 amide bonds. The number of anilines is 1. The Morgan fingerprint density at radius 1 is 1.35 bits per heavy atom. The van der Waals surface area contributed by atoms with Gasteiger partial charge < -0.3 is 10.6 Å². The van der Waals surface area contributed by atoms with Crippen LogP contribution in [0, 0.1) is 5.92 Å². The van der Waals surface area contributed by atoms with Crippen LogP contribution in [0.3, 0.4) is 0 Å². The van der Waals surface area contributed by atoms with Crippen molar-refractivity contribution < 1.29 is 0 Å². The van der Waals surface area contributed by atoms with E-state index < -0.39 is 0 Å². The Morgan fingerprint density at radius 2 is 2.06 bits per heavy atom. The molecule has 17 heavy (non-hydrogen) atoms. The van der Waals surface area contributed by atoms with E-state index in [1.54, 1.807) is 0 Å². The Bertz CT molecular complexity index is 407. The van der Waals surface area contributed by atoms with Gasteiger partial charge in [-0.1, -0.05) is 23.2 Å². The fourth-order valence-electron chi connectivity index (χ4n) is 2.55. The van der Waals surface area contributed by atoms with Crippen LogP contribution in [0.15, 0.2) is 12.1 Å². The van der Waals surface area contributed by atoms with Crippen molar-refractivity contribution in [2.45, 2.75) is 19.3 Å². The van der Waals surface area contributed by atoms with E-state index in [0.29, 0.717) is 5.92 Å². The number of benzene rings is 1. The normalized spacial score (nSPS) is 20.0. The van der Waals surface area contributed by atoms with Gasteiger partial charge in [-0.3, -0.25) is 0 Å². The van der Waals surface area contributed by atoms with Crippen molar-refractivity contribution in [2.24, 2.45) is 11.7 Å². The largest absolute Gasteiger partial charge is 0.373 e. The second kappa shape index (κ2) is 5.47. The van der Waals surface area contributed by atoms with E-state index in [9.17, 15) is 0 Å². The summed E-state index contributed by atoms with van der Waals surface area (Å²) in [6.07, 6.45) is 3.18. The van der Waals surface area contributed by atoms with Gasteiger partial charge >= 0.3 is 0 Å². The van der Waals surface area contributed by atoms with Crippen LogP contribution in [0.1, 0.15) is 18.4 Å². The summed E-state index contributed by atoms with van der Waals surface area (Å²) in [4.78, 5) is 2.21. The summed E-state index contributed by atoms with van der Waals surface area (Å²) >= 11 is 12.6. The van der Waals surface area contributed by atoms with Crippen molar-refractivity contribution in [1.29, 1.82) is 0 Å². The zero-order valence-corrected chi connectivity index (χ0v) is 11.6. The molecule has 1 heterocycles. The van der Waals surface area contributed by atoms with Crippen LogP contribution >= 0.6 is 23.2 Å². The summed E-state index contributed by atoms with van der Waals surface area (Å²) in [6.45, 7) is 1.75. The number of nitrogens with zero attached hydrogens (tertiary/aromatic N) is 1. The molecule has 0 aliphatic carbocycles. The third-order valence-corrected chi connectivity index (χ3v) is 4.16. The first kappa shape index (κ1) is 13.0. The summed E-state index contributed by atoms with van der Waals surface area (Å²) < 4.78 is 0. The lowest BCUT2D eigenvalue weighted by Gasteiger charge is -2.21. The van der Waals surface area contributed by atoms with Crippen LogP contribution in [0.4, 0.5) is 5.69 Å². The summed E-state index contributed by atoms with van der Waals surface area (Å²) in [5.41, 5.74) is 7.93. The SMILES string of the molecule is CN1CCC(CCN)Cc2c(Cl)ccc(Cl)c21. The minimum Gasteiger partial charge on any atom is -0.373 e. The van der Waals surface area contributed by atoms with Gasteiger partial charge in [-0.15, -0.1) is 0 Å². The predicted molar refractivity (Wildman–Crippen MR) is 75.2 cm³/mol. The average molecular weight is 273 g/mol. The maximum absolute atomic E-state index is 6.30. The first-order valence-corrected chi connectivity index (χ1v) is 6.77. The van der Waals surface area contributed by atoms with Crippen molar-refractivity contribution in [1.82, 2.24) is 0 Å². The molecule has 0 bridgehead atoms. The molecule has 0 spiro atoms. The highest BCUT2D eigenvalue weighted by molar-refractivity contribution is 6.36. The molecular weight excluding hydrogens is 255 g/mol. The molecule has 4 heteroatoms. The quantitative estimate of drug-likeness (QED) is 0.895. The van der Waals surface area contributed by atoms with Gasteiger partial charge in [-0.2, -0.15) is 0 Å². The van der Waals surface area contributed by atoms with Crippen molar-refractivity contribution in [2.75, 3.05) is 25.0 Å². The summed E-state index contributed by atoms with van der Waals surface area (Å²) in [6, 6.07) is 3.77. The van der Waals surface area contributed by atoms with E-state index in [4.69, 9.17) is 28.9 Å². The van der Waals surface area contributed by atoms with Gasteiger partial charge in [0.25, 0.3) is 0 Å². The summed E-state index contributed by atoms with van der Waals surface area (Å²) in [5, 5.41) is 1.61. The van der Waals surface area contributed by atoms with Crippen molar-refractivity contribution in [3.63, 3.8) is 0 Å². The van der Waals surface area contributed by atoms with Gasteiger partial charge in [-0.05, 0) is 49.4 Å².